The maximum absolute atomic E-state index is 12.9. The van der Waals surface area contributed by atoms with Gasteiger partial charge in [0.05, 0.1) is 0 Å². The Balaban J connectivity index is 1.08. The predicted molar refractivity (Wildman–Crippen MR) is 131 cm³/mol. The number of carbonyl (C=O) groups is 3. The van der Waals surface area contributed by atoms with E-state index in [1.54, 1.807) is 4.90 Å². The fourth-order valence-electron chi connectivity index (χ4n) is 5.99. The van der Waals surface area contributed by atoms with E-state index < -0.39 is 17.6 Å². The number of carboxylic acid groups (broad SMARTS) is 1. The molecular formula is C28H32N2O5. The average molecular weight is 477 g/mol. The second kappa shape index (κ2) is 9.36. The zero-order chi connectivity index (χ0) is 24.6. The summed E-state index contributed by atoms with van der Waals surface area (Å²) in [6.45, 7) is 3.14. The summed E-state index contributed by atoms with van der Waals surface area (Å²) < 4.78 is 5.57. The van der Waals surface area contributed by atoms with Gasteiger partial charge >= 0.3 is 12.1 Å². The van der Waals surface area contributed by atoms with Crippen LogP contribution < -0.4 is 5.32 Å². The first kappa shape index (κ1) is 23.4. The summed E-state index contributed by atoms with van der Waals surface area (Å²) >= 11 is 0. The molecule has 1 aliphatic heterocycles. The summed E-state index contributed by atoms with van der Waals surface area (Å²) in [5.41, 5.74) is 3.75. The number of carbonyl (C=O) groups excluding carboxylic acids is 2. The molecule has 1 saturated heterocycles. The summed E-state index contributed by atoms with van der Waals surface area (Å²) in [5, 5.41) is 12.5. The predicted octanol–water partition coefficient (Wildman–Crippen LogP) is 4.41. The van der Waals surface area contributed by atoms with Crippen LogP contribution in [0.1, 0.15) is 56.1 Å². The number of aliphatic carboxylic acids is 1. The van der Waals surface area contributed by atoms with Crippen molar-refractivity contribution in [3.8, 4) is 11.1 Å². The highest BCUT2D eigenvalue weighted by Crippen LogP contribution is 2.54. The molecule has 5 rings (SSSR count). The van der Waals surface area contributed by atoms with Crippen molar-refractivity contribution in [1.82, 2.24) is 10.2 Å². The molecule has 2 aromatic rings. The lowest BCUT2D eigenvalue weighted by Crippen LogP contribution is -2.51. The third kappa shape index (κ3) is 4.28. The molecule has 184 valence electrons. The van der Waals surface area contributed by atoms with Gasteiger partial charge in [-0.2, -0.15) is 0 Å². The van der Waals surface area contributed by atoms with E-state index >= 15 is 0 Å². The average Bonchev–Trinajstić information content (AvgIpc) is 3.53. The van der Waals surface area contributed by atoms with Crippen molar-refractivity contribution < 1.29 is 24.2 Å². The van der Waals surface area contributed by atoms with Crippen LogP contribution in [0.15, 0.2) is 48.5 Å². The number of fused-ring (bicyclic) bond motifs is 4. The maximum Gasteiger partial charge on any atom is 0.407 e. The SMILES string of the molecule is CC(CCNC(=O)OCC1c2ccccc2-c2ccccc21)CC(=O)N1CCCC2CC21C(=O)O. The lowest BCUT2D eigenvalue weighted by molar-refractivity contribution is -0.155. The number of amides is 2. The monoisotopic (exact) mass is 476 g/mol. The van der Waals surface area contributed by atoms with Crippen LogP contribution in [-0.4, -0.2) is 53.2 Å². The number of alkyl carbamates (subject to hydrolysis) is 1. The molecule has 3 aliphatic rings. The summed E-state index contributed by atoms with van der Waals surface area (Å²) in [6, 6.07) is 16.4. The fourth-order valence-corrected chi connectivity index (χ4v) is 5.99. The molecule has 2 aromatic carbocycles. The van der Waals surface area contributed by atoms with Gasteiger partial charge in [0.1, 0.15) is 12.1 Å². The minimum absolute atomic E-state index is 0.0158. The smallest absolute Gasteiger partial charge is 0.407 e. The van der Waals surface area contributed by atoms with E-state index in [2.05, 4.69) is 29.6 Å². The Morgan fingerprint density at radius 3 is 2.43 bits per heavy atom. The van der Waals surface area contributed by atoms with E-state index in [-0.39, 0.29) is 36.7 Å². The van der Waals surface area contributed by atoms with Crippen molar-refractivity contribution in [2.45, 2.75) is 50.5 Å². The van der Waals surface area contributed by atoms with E-state index in [0.29, 0.717) is 25.9 Å². The van der Waals surface area contributed by atoms with Gasteiger partial charge in [-0.25, -0.2) is 9.59 Å². The van der Waals surface area contributed by atoms with Crippen LogP contribution in [-0.2, 0) is 14.3 Å². The molecular weight excluding hydrogens is 444 g/mol. The number of benzene rings is 2. The number of hydrogen-bond acceptors (Lipinski definition) is 4. The highest BCUT2D eigenvalue weighted by molar-refractivity contribution is 5.90. The Kier molecular flexibility index (Phi) is 6.26. The normalized spacial score (nSPS) is 23.0. The standard InChI is InChI=1S/C28H32N2O5/c1-18(15-25(31)30-14-6-7-19-16-28(19,30)26(32)33)12-13-29-27(34)35-17-24-22-10-4-2-8-20(22)21-9-3-5-11-23(21)24/h2-5,8-11,18-19,24H,6-7,12-17H2,1H3,(H,29,34)(H,32,33). The summed E-state index contributed by atoms with van der Waals surface area (Å²) in [6.07, 6.45) is 2.76. The van der Waals surface area contributed by atoms with Crippen molar-refractivity contribution in [2.75, 3.05) is 19.7 Å². The molecule has 7 heteroatoms. The minimum Gasteiger partial charge on any atom is -0.479 e. The first-order valence-electron chi connectivity index (χ1n) is 12.5. The number of nitrogens with zero attached hydrogens (tertiary/aromatic N) is 1. The molecule has 1 heterocycles. The van der Waals surface area contributed by atoms with E-state index in [1.807, 2.05) is 31.2 Å². The van der Waals surface area contributed by atoms with Gasteiger partial charge in [-0.1, -0.05) is 55.5 Å². The Hall–Kier alpha value is -3.35. The number of carboxylic acids is 1. The molecule has 1 saturated carbocycles. The molecule has 2 fully saturated rings. The molecule has 7 nitrogen and oxygen atoms in total. The van der Waals surface area contributed by atoms with E-state index in [9.17, 15) is 19.5 Å². The van der Waals surface area contributed by atoms with Crippen LogP contribution in [0.3, 0.4) is 0 Å². The van der Waals surface area contributed by atoms with Crippen molar-refractivity contribution in [1.29, 1.82) is 0 Å². The number of nitrogens with one attached hydrogen (secondary N) is 1. The largest absolute Gasteiger partial charge is 0.479 e. The zero-order valence-corrected chi connectivity index (χ0v) is 20.0. The lowest BCUT2D eigenvalue weighted by Gasteiger charge is -2.34. The Bertz CT molecular complexity index is 1100. The van der Waals surface area contributed by atoms with Gasteiger partial charge < -0.3 is 20.1 Å². The van der Waals surface area contributed by atoms with Gasteiger partial charge in [-0.05, 0) is 59.8 Å². The molecule has 0 radical (unpaired) electrons. The molecule has 35 heavy (non-hydrogen) atoms. The molecule has 0 bridgehead atoms. The molecule has 2 amide bonds. The summed E-state index contributed by atoms with van der Waals surface area (Å²) in [5.74, 6) is -0.824. The van der Waals surface area contributed by atoms with Gasteiger partial charge in [0.2, 0.25) is 5.91 Å². The van der Waals surface area contributed by atoms with Crippen molar-refractivity contribution in [2.24, 2.45) is 11.8 Å². The Labute approximate surface area is 205 Å². The van der Waals surface area contributed by atoms with Gasteiger partial charge in [-0.15, -0.1) is 0 Å². The van der Waals surface area contributed by atoms with Gasteiger partial charge in [0, 0.05) is 25.4 Å². The Morgan fingerprint density at radius 2 is 1.77 bits per heavy atom. The Morgan fingerprint density at radius 1 is 1.11 bits per heavy atom. The minimum atomic E-state index is -0.964. The number of hydrogen-bond donors (Lipinski definition) is 2. The van der Waals surface area contributed by atoms with Crippen LogP contribution >= 0.6 is 0 Å². The zero-order valence-electron chi connectivity index (χ0n) is 20.0. The highest BCUT2D eigenvalue weighted by atomic mass is 16.5. The van der Waals surface area contributed by atoms with Crippen LogP contribution in [0.25, 0.3) is 11.1 Å². The quantitative estimate of drug-likeness (QED) is 0.589. The third-order valence-electron chi connectivity index (χ3n) is 7.93. The number of likely N-dealkylation sites (tertiary alicyclic amines) is 1. The van der Waals surface area contributed by atoms with Crippen molar-refractivity contribution in [3.05, 3.63) is 59.7 Å². The molecule has 0 spiro atoms. The third-order valence-corrected chi connectivity index (χ3v) is 7.93. The van der Waals surface area contributed by atoms with Crippen LogP contribution in [0, 0.1) is 11.8 Å². The summed E-state index contributed by atoms with van der Waals surface area (Å²) in [7, 11) is 0. The second-order valence-electron chi connectivity index (χ2n) is 10.2. The number of rotatable bonds is 8. The van der Waals surface area contributed by atoms with E-state index in [0.717, 1.165) is 12.8 Å². The highest BCUT2D eigenvalue weighted by Gasteiger charge is 2.66. The topological polar surface area (TPSA) is 95.9 Å². The van der Waals surface area contributed by atoms with Crippen LogP contribution in [0.5, 0.6) is 0 Å². The van der Waals surface area contributed by atoms with Gasteiger partial charge in [0.25, 0.3) is 0 Å². The van der Waals surface area contributed by atoms with Crippen LogP contribution in [0.2, 0.25) is 0 Å². The van der Waals surface area contributed by atoms with Gasteiger partial charge in [-0.3, -0.25) is 4.79 Å². The van der Waals surface area contributed by atoms with Crippen molar-refractivity contribution in [3.63, 3.8) is 0 Å². The first-order valence-corrected chi connectivity index (χ1v) is 12.5. The molecule has 2 aliphatic carbocycles. The van der Waals surface area contributed by atoms with Crippen molar-refractivity contribution >= 4 is 18.0 Å². The molecule has 0 aromatic heterocycles. The number of piperidine rings is 1. The number of ether oxygens (including phenoxy) is 1. The van der Waals surface area contributed by atoms with E-state index in [4.69, 9.17) is 4.74 Å². The molecule has 3 atom stereocenters. The lowest BCUT2D eigenvalue weighted by atomic mass is 9.98. The van der Waals surface area contributed by atoms with Crippen LogP contribution in [0.4, 0.5) is 4.79 Å². The first-order chi connectivity index (χ1) is 16.9. The van der Waals surface area contributed by atoms with E-state index in [1.165, 1.54) is 22.3 Å². The maximum atomic E-state index is 12.9. The second-order valence-corrected chi connectivity index (χ2v) is 10.2. The fraction of sp³-hybridized carbons (Fsp3) is 0.464. The van der Waals surface area contributed by atoms with Gasteiger partial charge in [0.15, 0.2) is 0 Å². The molecule has 3 unspecified atom stereocenters. The summed E-state index contributed by atoms with van der Waals surface area (Å²) in [4.78, 5) is 38.6. The molecule has 2 N–H and O–H groups in total.